The Labute approximate surface area is 123 Å². The van der Waals surface area contributed by atoms with Crippen LogP contribution >= 0.6 is 11.6 Å². The van der Waals surface area contributed by atoms with Gasteiger partial charge in [0.05, 0.1) is 0 Å². The first-order valence-corrected chi connectivity index (χ1v) is 7.29. The Kier molecular flexibility index (Phi) is 3.77. The summed E-state index contributed by atoms with van der Waals surface area (Å²) < 4.78 is 13.4. The van der Waals surface area contributed by atoms with Crippen molar-refractivity contribution < 1.29 is 4.39 Å². The first-order chi connectivity index (χ1) is 9.63. The van der Waals surface area contributed by atoms with Gasteiger partial charge in [0.25, 0.3) is 0 Å². The second kappa shape index (κ2) is 5.55. The van der Waals surface area contributed by atoms with Crippen LogP contribution in [0.1, 0.15) is 24.0 Å². The van der Waals surface area contributed by atoms with Gasteiger partial charge in [-0.3, -0.25) is 0 Å². The van der Waals surface area contributed by atoms with Gasteiger partial charge < -0.3 is 5.32 Å². The SMILES string of the molecule is Cc1cc(CNC2CC2)ccc1-c1cc(F)ccc1Cl. The fraction of sp³-hybridized carbons (Fsp3) is 0.294. The molecule has 104 valence electrons. The molecule has 2 aromatic rings. The lowest BCUT2D eigenvalue weighted by Crippen LogP contribution is -2.15. The summed E-state index contributed by atoms with van der Waals surface area (Å²) >= 11 is 6.17. The van der Waals surface area contributed by atoms with Crippen LogP contribution in [0.5, 0.6) is 0 Å². The van der Waals surface area contributed by atoms with Crippen LogP contribution in [0.2, 0.25) is 5.02 Å². The second-order valence-corrected chi connectivity index (χ2v) is 5.84. The largest absolute Gasteiger partial charge is 0.310 e. The molecule has 0 aliphatic heterocycles. The third kappa shape index (κ3) is 3.02. The summed E-state index contributed by atoms with van der Waals surface area (Å²) in [6.07, 6.45) is 2.58. The molecule has 3 rings (SSSR count). The molecule has 1 N–H and O–H groups in total. The average molecular weight is 290 g/mol. The van der Waals surface area contributed by atoms with E-state index in [1.54, 1.807) is 6.07 Å². The molecule has 1 aliphatic carbocycles. The summed E-state index contributed by atoms with van der Waals surface area (Å²) in [7, 11) is 0. The quantitative estimate of drug-likeness (QED) is 0.860. The van der Waals surface area contributed by atoms with Gasteiger partial charge in [-0.05, 0) is 54.7 Å². The summed E-state index contributed by atoms with van der Waals surface area (Å²) in [4.78, 5) is 0. The molecular formula is C17H17ClFN. The highest BCUT2D eigenvalue weighted by Crippen LogP contribution is 2.31. The van der Waals surface area contributed by atoms with E-state index in [0.717, 1.165) is 23.2 Å². The molecule has 0 bridgehead atoms. The molecule has 1 nitrogen and oxygen atoms in total. The van der Waals surface area contributed by atoms with E-state index in [0.29, 0.717) is 11.1 Å². The molecule has 3 heteroatoms. The van der Waals surface area contributed by atoms with Gasteiger partial charge in [-0.1, -0.05) is 29.8 Å². The Morgan fingerprint density at radius 1 is 1.15 bits per heavy atom. The highest BCUT2D eigenvalue weighted by Gasteiger charge is 2.20. The van der Waals surface area contributed by atoms with Crippen molar-refractivity contribution in [2.24, 2.45) is 0 Å². The standard InChI is InChI=1S/C17H17ClFN/c1-11-8-12(10-20-14-4-5-14)2-6-15(11)16-9-13(19)3-7-17(16)18/h2-3,6-9,14,20H,4-5,10H2,1H3. The molecule has 0 atom stereocenters. The van der Waals surface area contributed by atoms with Crippen LogP contribution in [0.4, 0.5) is 4.39 Å². The van der Waals surface area contributed by atoms with E-state index >= 15 is 0 Å². The van der Waals surface area contributed by atoms with Crippen LogP contribution in [-0.2, 0) is 6.54 Å². The van der Waals surface area contributed by atoms with Crippen molar-refractivity contribution in [2.75, 3.05) is 0 Å². The van der Waals surface area contributed by atoms with Gasteiger partial charge in [-0.25, -0.2) is 4.39 Å². The summed E-state index contributed by atoms with van der Waals surface area (Å²) in [6, 6.07) is 11.4. The van der Waals surface area contributed by atoms with Crippen molar-refractivity contribution in [3.63, 3.8) is 0 Å². The zero-order valence-corrected chi connectivity index (χ0v) is 12.2. The van der Waals surface area contributed by atoms with Gasteiger partial charge in [-0.15, -0.1) is 0 Å². The molecule has 0 saturated heterocycles. The zero-order valence-electron chi connectivity index (χ0n) is 11.4. The van der Waals surface area contributed by atoms with Gasteiger partial charge in [0.1, 0.15) is 5.82 Å². The van der Waals surface area contributed by atoms with Gasteiger partial charge in [0, 0.05) is 23.2 Å². The molecule has 1 aliphatic rings. The Morgan fingerprint density at radius 2 is 1.95 bits per heavy atom. The van der Waals surface area contributed by atoms with E-state index in [2.05, 4.69) is 17.4 Å². The monoisotopic (exact) mass is 289 g/mol. The van der Waals surface area contributed by atoms with Gasteiger partial charge in [0.15, 0.2) is 0 Å². The molecule has 1 fully saturated rings. The minimum Gasteiger partial charge on any atom is -0.310 e. The lowest BCUT2D eigenvalue weighted by Gasteiger charge is -2.11. The smallest absolute Gasteiger partial charge is 0.123 e. The van der Waals surface area contributed by atoms with E-state index in [1.165, 1.54) is 30.5 Å². The maximum atomic E-state index is 13.4. The van der Waals surface area contributed by atoms with Gasteiger partial charge >= 0.3 is 0 Å². The van der Waals surface area contributed by atoms with Crippen LogP contribution in [0.15, 0.2) is 36.4 Å². The molecule has 0 heterocycles. The number of benzene rings is 2. The fourth-order valence-electron chi connectivity index (χ4n) is 2.39. The molecular weight excluding hydrogens is 273 g/mol. The van der Waals surface area contributed by atoms with Crippen molar-refractivity contribution >= 4 is 11.6 Å². The lowest BCUT2D eigenvalue weighted by atomic mass is 9.98. The van der Waals surface area contributed by atoms with Gasteiger partial charge in [0.2, 0.25) is 0 Å². The first kappa shape index (κ1) is 13.6. The van der Waals surface area contributed by atoms with Crippen molar-refractivity contribution in [3.05, 3.63) is 58.4 Å². The number of hydrogen-bond acceptors (Lipinski definition) is 1. The van der Waals surface area contributed by atoms with E-state index < -0.39 is 0 Å². The van der Waals surface area contributed by atoms with Crippen LogP contribution in [0, 0.1) is 12.7 Å². The molecule has 1 saturated carbocycles. The second-order valence-electron chi connectivity index (χ2n) is 5.43. The molecule has 0 spiro atoms. The van der Waals surface area contributed by atoms with Crippen LogP contribution in [0.25, 0.3) is 11.1 Å². The first-order valence-electron chi connectivity index (χ1n) is 6.92. The van der Waals surface area contributed by atoms with Crippen LogP contribution in [-0.4, -0.2) is 6.04 Å². The van der Waals surface area contributed by atoms with E-state index in [9.17, 15) is 4.39 Å². The van der Waals surface area contributed by atoms with E-state index in [-0.39, 0.29) is 5.82 Å². The van der Waals surface area contributed by atoms with E-state index in [4.69, 9.17) is 11.6 Å². The minimum atomic E-state index is -0.261. The van der Waals surface area contributed by atoms with E-state index in [1.807, 2.05) is 13.0 Å². The highest BCUT2D eigenvalue weighted by atomic mass is 35.5. The molecule has 20 heavy (non-hydrogen) atoms. The predicted octanol–water partition coefficient (Wildman–Crippen LogP) is 4.71. The van der Waals surface area contributed by atoms with Crippen molar-refractivity contribution in [3.8, 4) is 11.1 Å². The Hall–Kier alpha value is -1.38. The van der Waals surface area contributed by atoms with Gasteiger partial charge in [-0.2, -0.15) is 0 Å². The normalized spacial score (nSPS) is 14.6. The predicted molar refractivity (Wildman–Crippen MR) is 81.4 cm³/mol. The maximum Gasteiger partial charge on any atom is 0.123 e. The summed E-state index contributed by atoms with van der Waals surface area (Å²) in [6.45, 7) is 2.93. The molecule has 0 radical (unpaired) electrons. The van der Waals surface area contributed by atoms with Crippen LogP contribution < -0.4 is 5.32 Å². The Balaban J connectivity index is 1.87. The molecule has 0 aromatic heterocycles. The molecule has 0 amide bonds. The molecule has 0 unspecified atom stereocenters. The fourth-order valence-corrected chi connectivity index (χ4v) is 2.61. The number of halogens is 2. The minimum absolute atomic E-state index is 0.261. The van der Waals surface area contributed by atoms with Crippen molar-refractivity contribution in [1.82, 2.24) is 5.32 Å². The third-order valence-corrected chi connectivity index (χ3v) is 4.01. The topological polar surface area (TPSA) is 12.0 Å². The third-order valence-electron chi connectivity index (χ3n) is 3.68. The summed E-state index contributed by atoms with van der Waals surface area (Å²) in [5.74, 6) is -0.261. The molecule has 2 aromatic carbocycles. The Morgan fingerprint density at radius 3 is 2.65 bits per heavy atom. The summed E-state index contributed by atoms with van der Waals surface area (Å²) in [5, 5.41) is 4.08. The number of nitrogens with one attached hydrogen (secondary N) is 1. The zero-order chi connectivity index (χ0) is 14.1. The van der Waals surface area contributed by atoms with Crippen molar-refractivity contribution in [1.29, 1.82) is 0 Å². The highest BCUT2D eigenvalue weighted by molar-refractivity contribution is 6.33. The number of hydrogen-bond donors (Lipinski definition) is 1. The average Bonchev–Trinajstić information content (AvgIpc) is 3.24. The summed E-state index contributed by atoms with van der Waals surface area (Å²) in [5.41, 5.74) is 4.12. The van der Waals surface area contributed by atoms with Crippen LogP contribution in [0.3, 0.4) is 0 Å². The number of aryl methyl sites for hydroxylation is 1. The number of rotatable bonds is 4. The maximum absolute atomic E-state index is 13.4. The van der Waals surface area contributed by atoms with Crippen molar-refractivity contribution in [2.45, 2.75) is 32.4 Å². The Bertz CT molecular complexity index is 635. The lowest BCUT2D eigenvalue weighted by molar-refractivity contribution is 0.628.